The van der Waals surface area contributed by atoms with Crippen LogP contribution >= 0.6 is 0 Å². The summed E-state index contributed by atoms with van der Waals surface area (Å²) < 4.78 is 0. The van der Waals surface area contributed by atoms with Crippen LogP contribution in [0.3, 0.4) is 0 Å². The van der Waals surface area contributed by atoms with E-state index in [0.717, 1.165) is 0 Å². The van der Waals surface area contributed by atoms with Crippen molar-refractivity contribution in [3.8, 4) is 5.75 Å². The Balaban J connectivity index is 1.86. The topological polar surface area (TPSA) is 153 Å². The fourth-order valence-electron chi connectivity index (χ4n) is 4.21. The first-order chi connectivity index (χ1) is 17.0. The number of hydrogen-bond acceptors (Lipinski definition) is 7. The molecule has 3 aromatic rings. The first kappa shape index (κ1) is 24.7. The number of nitrogens with zero attached hydrogens (tertiary/aromatic N) is 3. The van der Waals surface area contributed by atoms with Gasteiger partial charge in [0.25, 0.3) is 5.69 Å². The summed E-state index contributed by atoms with van der Waals surface area (Å²) >= 11 is 0. The molecule has 11 heteroatoms. The van der Waals surface area contributed by atoms with Crippen LogP contribution in [0.2, 0.25) is 0 Å². The first-order valence-corrected chi connectivity index (χ1v) is 11.4. The molecule has 0 aliphatic carbocycles. The van der Waals surface area contributed by atoms with Crippen LogP contribution in [0.25, 0.3) is 0 Å². The Morgan fingerprint density at radius 3 is 2.56 bits per heavy atom. The highest BCUT2D eigenvalue weighted by atomic mass is 16.6. The number of nitro groups is 1. The molecule has 1 aromatic heterocycles. The average Bonchev–Trinajstić information content (AvgIpc) is 3.28. The van der Waals surface area contributed by atoms with E-state index in [1.165, 1.54) is 41.6 Å². The highest BCUT2D eigenvalue weighted by molar-refractivity contribution is 5.95. The van der Waals surface area contributed by atoms with E-state index in [9.17, 15) is 24.8 Å². The Bertz CT molecular complexity index is 1270. The fraction of sp³-hybridized carbons (Fsp3) is 0.320. The minimum atomic E-state index is -1.14. The van der Waals surface area contributed by atoms with Crippen LogP contribution in [0, 0.1) is 10.1 Å². The molecule has 2 aromatic carbocycles. The van der Waals surface area contributed by atoms with Gasteiger partial charge in [0.05, 0.1) is 11.3 Å². The van der Waals surface area contributed by atoms with Crippen molar-refractivity contribution in [1.29, 1.82) is 0 Å². The summed E-state index contributed by atoms with van der Waals surface area (Å²) in [6.45, 7) is 5.51. The molecule has 0 bridgehead atoms. The van der Waals surface area contributed by atoms with Gasteiger partial charge in [-0.2, -0.15) is 0 Å². The summed E-state index contributed by atoms with van der Waals surface area (Å²) in [7, 11) is 0. The van der Waals surface area contributed by atoms with Gasteiger partial charge in [-0.1, -0.05) is 12.1 Å². The lowest BCUT2D eigenvalue weighted by atomic mass is 9.99. The molecule has 0 fully saturated rings. The Morgan fingerprint density at radius 2 is 1.94 bits per heavy atom. The fourth-order valence-corrected chi connectivity index (χ4v) is 4.21. The van der Waals surface area contributed by atoms with Gasteiger partial charge >= 0.3 is 0 Å². The smallest absolute Gasteiger partial charge is 0.269 e. The van der Waals surface area contributed by atoms with Gasteiger partial charge in [0.2, 0.25) is 11.8 Å². The van der Waals surface area contributed by atoms with E-state index in [1.807, 2.05) is 20.8 Å². The number of non-ortho nitro benzene ring substituents is 1. The van der Waals surface area contributed by atoms with Gasteiger partial charge in [-0.05, 0) is 44.5 Å². The Hall–Kier alpha value is -4.41. The maximum Gasteiger partial charge on any atom is 0.269 e. The molecule has 0 radical (unpaired) electrons. The predicted octanol–water partition coefficient (Wildman–Crippen LogP) is 3.04. The van der Waals surface area contributed by atoms with Gasteiger partial charge in [-0.25, -0.2) is 4.98 Å². The number of benzene rings is 2. The highest BCUT2D eigenvalue weighted by Crippen LogP contribution is 2.37. The van der Waals surface area contributed by atoms with Gasteiger partial charge in [-0.3, -0.25) is 19.7 Å². The quantitative estimate of drug-likeness (QED) is 0.305. The second-order valence-electron chi connectivity index (χ2n) is 9.78. The summed E-state index contributed by atoms with van der Waals surface area (Å²) in [6.07, 6.45) is 3.39. The van der Waals surface area contributed by atoms with E-state index >= 15 is 0 Å². The lowest BCUT2D eigenvalue weighted by Gasteiger charge is -2.33. The molecule has 2 heterocycles. The predicted molar refractivity (Wildman–Crippen MR) is 132 cm³/mol. The Labute approximate surface area is 207 Å². The minimum absolute atomic E-state index is 0.0463. The molecule has 4 N–H and O–H groups in total. The van der Waals surface area contributed by atoms with Crippen molar-refractivity contribution >= 4 is 23.2 Å². The molecule has 2 atom stereocenters. The zero-order chi connectivity index (χ0) is 26.0. The number of hydrogen-bond donors (Lipinski definition) is 4. The molecule has 0 unspecified atom stereocenters. The standard InChI is InChI=1S/C25H28N6O5/c1-25(2,3)29-23(33)22-19-11-17(31(35)36)6-9-20(19)28-21(10-16-12-26-14-27-16)24(34)30(22)13-15-4-7-18(32)8-5-15/h4-9,11-12,14,21-22,28,32H,10,13H2,1-3H3,(H,26,27)(H,29,33)/t21-,22-/m0/s1. The molecule has 1 aliphatic rings. The van der Waals surface area contributed by atoms with Crippen molar-refractivity contribution in [3.63, 3.8) is 0 Å². The number of carbonyl (C=O) groups excluding carboxylic acids is 2. The number of fused-ring (bicyclic) bond motifs is 1. The van der Waals surface area contributed by atoms with Crippen molar-refractivity contribution in [2.45, 2.75) is 51.4 Å². The van der Waals surface area contributed by atoms with E-state index in [1.54, 1.807) is 18.3 Å². The summed E-state index contributed by atoms with van der Waals surface area (Å²) in [4.78, 5) is 47.2. The van der Waals surface area contributed by atoms with Crippen molar-refractivity contribution in [2.24, 2.45) is 0 Å². The van der Waals surface area contributed by atoms with Gasteiger partial charge in [0.15, 0.2) is 0 Å². The van der Waals surface area contributed by atoms with Gasteiger partial charge < -0.3 is 25.6 Å². The van der Waals surface area contributed by atoms with Crippen LogP contribution in [-0.2, 0) is 22.6 Å². The monoisotopic (exact) mass is 492 g/mol. The summed E-state index contributed by atoms with van der Waals surface area (Å²) in [5.74, 6) is -0.742. The Morgan fingerprint density at radius 1 is 1.22 bits per heavy atom. The van der Waals surface area contributed by atoms with Crippen LogP contribution in [-0.4, -0.2) is 48.3 Å². The largest absolute Gasteiger partial charge is 0.508 e. The molecule has 11 nitrogen and oxygen atoms in total. The maximum atomic E-state index is 14.0. The molecule has 0 spiro atoms. The van der Waals surface area contributed by atoms with E-state index in [2.05, 4.69) is 20.6 Å². The van der Waals surface area contributed by atoms with E-state index < -0.39 is 28.5 Å². The number of H-pyrrole nitrogens is 1. The van der Waals surface area contributed by atoms with Crippen molar-refractivity contribution in [1.82, 2.24) is 20.2 Å². The van der Waals surface area contributed by atoms with Crippen LogP contribution in [0.4, 0.5) is 11.4 Å². The van der Waals surface area contributed by atoms with Crippen molar-refractivity contribution < 1.29 is 19.6 Å². The average molecular weight is 493 g/mol. The number of rotatable bonds is 6. The second kappa shape index (κ2) is 9.68. The zero-order valence-electron chi connectivity index (χ0n) is 20.2. The number of phenolic OH excluding ortho intramolecular Hbond substituents is 1. The van der Waals surface area contributed by atoms with Crippen LogP contribution in [0.15, 0.2) is 55.0 Å². The molecular formula is C25H28N6O5. The number of amides is 2. The summed E-state index contributed by atoms with van der Waals surface area (Å²) in [5, 5.41) is 27.4. The molecule has 188 valence electrons. The molecule has 1 aliphatic heterocycles. The molecule has 36 heavy (non-hydrogen) atoms. The maximum absolute atomic E-state index is 14.0. The number of imidazole rings is 1. The van der Waals surface area contributed by atoms with Gasteiger partial charge in [0.1, 0.15) is 17.8 Å². The molecule has 0 saturated carbocycles. The number of nitro benzene ring substituents is 1. The minimum Gasteiger partial charge on any atom is -0.508 e. The van der Waals surface area contributed by atoms with Gasteiger partial charge in [-0.15, -0.1) is 0 Å². The lowest BCUT2D eigenvalue weighted by molar-refractivity contribution is -0.384. The second-order valence-corrected chi connectivity index (χ2v) is 9.78. The number of aromatic hydroxyl groups is 1. The normalized spacial score (nSPS) is 17.6. The first-order valence-electron chi connectivity index (χ1n) is 11.4. The van der Waals surface area contributed by atoms with Crippen molar-refractivity contribution in [3.05, 3.63) is 81.9 Å². The number of aromatic amines is 1. The van der Waals surface area contributed by atoms with E-state index in [0.29, 0.717) is 22.5 Å². The van der Waals surface area contributed by atoms with E-state index in [4.69, 9.17) is 0 Å². The van der Waals surface area contributed by atoms with E-state index in [-0.39, 0.29) is 30.3 Å². The lowest BCUT2D eigenvalue weighted by Crippen LogP contribution is -2.50. The third kappa shape index (κ3) is 5.45. The van der Waals surface area contributed by atoms with Gasteiger partial charge in [0, 0.05) is 53.8 Å². The van der Waals surface area contributed by atoms with Crippen LogP contribution in [0.5, 0.6) is 5.75 Å². The number of aromatic nitrogens is 2. The number of phenols is 1. The third-order valence-corrected chi connectivity index (χ3v) is 5.78. The molecule has 2 amide bonds. The Kier molecular flexibility index (Phi) is 6.65. The highest BCUT2D eigenvalue weighted by Gasteiger charge is 2.41. The van der Waals surface area contributed by atoms with Crippen molar-refractivity contribution in [2.75, 3.05) is 5.32 Å². The molecule has 0 saturated heterocycles. The SMILES string of the molecule is CC(C)(C)NC(=O)[C@@H]1c2cc([N+](=O)[O-])ccc2N[C@@H](Cc2cnc[nH]2)C(=O)N1Cc1ccc(O)cc1. The number of carbonyl (C=O) groups is 2. The molecular weight excluding hydrogens is 464 g/mol. The summed E-state index contributed by atoms with van der Waals surface area (Å²) in [6, 6.07) is 8.64. The molecule has 4 rings (SSSR count). The summed E-state index contributed by atoms with van der Waals surface area (Å²) in [5.41, 5.74) is 1.38. The number of nitrogens with one attached hydrogen (secondary N) is 3. The third-order valence-electron chi connectivity index (χ3n) is 5.78. The number of anilines is 1. The van der Waals surface area contributed by atoms with Crippen LogP contribution in [0.1, 0.15) is 43.6 Å². The zero-order valence-corrected chi connectivity index (χ0v) is 20.2. The van der Waals surface area contributed by atoms with Crippen LogP contribution < -0.4 is 10.6 Å².